The minimum atomic E-state index is 0.144. The number of halogens is 1. The maximum atomic E-state index is 11.6. The third kappa shape index (κ3) is 2.45. The van der Waals surface area contributed by atoms with Gasteiger partial charge in [-0.15, -0.1) is 0 Å². The number of benzene rings is 1. The number of carbonyl (C=O) groups excluding carboxylic acids is 1. The molecule has 0 fully saturated rings. The second-order valence-electron chi connectivity index (χ2n) is 3.47. The van der Waals surface area contributed by atoms with Crippen LogP contribution in [0.4, 0.5) is 0 Å². The molecule has 0 unspecified atom stereocenters. The first kappa shape index (κ1) is 11.2. The van der Waals surface area contributed by atoms with E-state index in [-0.39, 0.29) is 5.78 Å². The summed E-state index contributed by atoms with van der Waals surface area (Å²) in [6.07, 6.45) is 1.27. The SMILES string of the molecule is O=C1CCOc2ccc(C#CCCBr)cc21. The van der Waals surface area contributed by atoms with E-state index in [1.54, 1.807) is 0 Å². The van der Waals surface area contributed by atoms with Gasteiger partial charge in [0.25, 0.3) is 0 Å². The van der Waals surface area contributed by atoms with Gasteiger partial charge in [-0.25, -0.2) is 0 Å². The molecule has 0 N–H and O–H groups in total. The van der Waals surface area contributed by atoms with Crippen molar-refractivity contribution in [2.45, 2.75) is 12.8 Å². The Kier molecular flexibility index (Phi) is 3.63. The zero-order valence-corrected chi connectivity index (χ0v) is 10.3. The Labute approximate surface area is 103 Å². The molecule has 1 aliphatic rings. The zero-order valence-electron chi connectivity index (χ0n) is 8.75. The van der Waals surface area contributed by atoms with Crippen molar-refractivity contribution in [2.75, 3.05) is 11.9 Å². The minimum Gasteiger partial charge on any atom is -0.492 e. The maximum absolute atomic E-state index is 11.6. The van der Waals surface area contributed by atoms with E-state index in [4.69, 9.17) is 4.74 Å². The summed E-state index contributed by atoms with van der Waals surface area (Å²) in [5.74, 6) is 6.88. The number of hydrogen-bond acceptors (Lipinski definition) is 2. The van der Waals surface area contributed by atoms with Crippen LogP contribution >= 0.6 is 15.9 Å². The van der Waals surface area contributed by atoms with Gasteiger partial charge in [0.05, 0.1) is 12.2 Å². The van der Waals surface area contributed by atoms with Gasteiger partial charge in [-0.2, -0.15) is 0 Å². The van der Waals surface area contributed by atoms with Crippen molar-refractivity contribution in [3.8, 4) is 17.6 Å². The fraction of sp³-hybridized carbons (Fsp3) is 0.308. The van der Waals surface area contributed by atoms with Crippen LogP contribution in [0.3, 0.4) is 0 Å². The van der Waals surface area contributed by atoms with Gasteiger partial charge in [0, 0.05) is 23.7 Å². The van der Waals surface area contributed by atoms with Crippen molar-refractivity contribution in [3.05, 3.63) is 29.3 Å². The maximum Gasteiger partial charge on any atom is 0.170 e. The van der Waals surface area contributed by atoms with Crippen LogP contribution in [0.5, 0.6) is 5.75 Å². The first-order chi connectivity index (χ1) is 7.81. The molecule has 1 aromatic carbocycles. The second kappa shape index (κ2) is 5.18. The molecule has 2 rings (SSSR count). The number of fused-ring (bicyclic) bond motifs is 1. The number of alkyl halides is 1. The molecule has 0 aromatic heterocycles. The molecule has 0 aliphatic carbocycles. The van der Waals surface area contributed by atoms with Gasteiger partial charge >= 0.3 is 0 Å². The van der Waals surface area contributed by atoms with Crippen molar-refractivity contribution >= 4 is 21.7 Å². The van der Waals surface area contributed by atoms with Crippen LogP contribution in [-0.4, -0.2) is 17.7 Å². The number of ether oxygens (including phenoxy) is 1. The molecule has 16 heavy (non-hydrogen) atoms. The smallest absolute Gasteiger partial charge is 0.170 e. The lowest BCUT2D eigenvalue weighted by Crippen LogP contribution is -2.15. The van der Waals surface area contributed by atoms with E-state index in [0.29, 0.717) is 24.3 Å². The summed E-state index contributed by atoms with van der Waals surface area (Å²) in [4.78, 5) is 11.6. The number of carbonyl (C=O) groups is 1. The first-order valence-corrected chi connectivity index (χ1v) is 6.28. The Morgan fingerprint density at radius 2 is 2.31 bits per heavy atom. The summed E-state index contributed by atoms with van der Waals surface area (Å²) in [5, 5.41) is 0.868. The van der Waals surface area contributed by atoms with E-state index < -0.39 is 0 Å². The normalized spacial score (nSPS) is 13.4. The molecule has 0 bridgehead atoms. The highest BCUT2D eigenvalue weighted by atomic mass is 79.9. The van der Waals surface area contributed by atoms with E-state index in [2.05, 4.69) is 27.8 Å². The van der Waals surface area contributed by atoms with E-state index >= 15 is 0 Å². The Bertz CT molecular complexity index is 469. The average Bonchev–Trinajstić information content (AvgIpc) is 2.30. The van der Waals surface area contributed by atoms with Crippen molar-refractivity contribution in [2.24, 2.45) is 0 Å². The van der Waals surface area contributed by atoms with Gasteiger partial charge < -0.3 is 4.74 Å². The molecule has 0 amide bonds. The fourth-order valence-electron chi connectivity index (χ4n) is 1.55. The lowest BCUT2D eigenvalue weighted by molar-refractivity contribution is 0.0933. The fourth-order valence-corrected chi connectivity index (χ4v) is 1.75. The topological polar surface area (TPSA) is 26.3 Å². The summed E-state index contributed by atoms with van der Waals surface area (Å²) in [6.45, 7) is 0.487. The predicted octanol–water partition coefficient (Wildman–Crippen LogP) is 2.79. The molecule has 1 aromatic rings. The molecule has 3 heteroatoms. The predicted molar refractivity (Wildman–Crippen MR) is 66.2 cm³/mol. The zero-order chi connectivity index (χ0) is 11.4. The van der Waals surface area contributed by atoms with Crippen LogP contribution in [0.25, 0.3) is 0 Å². The number of hydrogen-bond donors (Lipinski definition) is 0. The van der Waals surface area contributed by atoms with Crippen LogP contribution in [0, 0.1) is 11.8 Å². The average molecular weight is 279 g/mol. The summed E-state index contributed by atoms with van der Waals surface area (Å²) in [5.41, 5.74) is 1.54. The summed E-state index contributed by atoms with van der Waals surface area (Å²) in [7, 11) is 0. The molecule has 0 spiro atoms. The largest absolute Gasteiger partial charge is 0.492 e. The van der Waals surface area contributed by atoms with E-state index in [0.717, 1.165) is 17.3 Å². The van der Waals surface area contributed by atoms with Crippen LogP contribution in [0.1, 0.15) is 28.8 Å². The van der Waals surface area contributed by atoms with Crippen LogP contribution in [0.2, 0.25) is 0 Å². The lowest BCUT2D eigenvalue weighted by Gasteiger charge is -2.15. The molecule has 2 nitrogen and oxygen atoms in total. The Morgan fingerprint density at radius 3 is 3.12 bits per heavy atom. The van der Waals surface area contributed by atoms with Gasteiger partial charge in [0.2, 0.25) is 0 Å². The number of ketones is 1. The van der Waals surface area contributed by atoms with Crippen molar-refractivity contribution in [3.63, 3.8) is 0 Å². The molecule has 1 aliphatic heterocycles. The van der Waals surface area contributed by atoms with E-state index in [9.17, 15) is 4.79 Å². The van der Waals surface area contributed by atoms with Gasteiger partial charge in [0.1, 0.15) is 5.75 Å². The van der Waals surface area contributed by atoms with Gasteiger partial charge in [-0.1, -0.05) is 27.8 Å². The van der Waals surface area contributed by atoms with Crippen molar-refractivity contribution < 1.29 is 9.53 Å². The highest BCUT2D eigenvalue weighted by Crippen LogP contribution is 2.25. The van der Waals surface area contributed by atoms with Gasteiger partial charge in [-0.3, -0.25) is 4.79 Å². The van der Waals surface area contributed by atoms with E-state index in [1.807, 2.05) is 18.2 Å². The van der Waals surface area contributed by atoms with Crippen molar-refractivity contribution in [1.29, 1.82) is 0 Å². The quantitative estimate of drug-likeness (QED) is 0.583. The number of Topliss-reactive ketones (excluding diaryl/α,β-unsaturated/α-hetero) is 1. The third-order valence-corrected chi connectivity index (χ3v) is 2.72. The van der Waals surface area contributed by atoms with Gasteiger partial charge in [0.15, 0.2) is 5.78 Å². The molecule has 0 radical (unpaired) electrons. The molecular weight excluding hydrogens is 268 g/mol. The highest BCUT2D eigenvalue weighted by molar-refractivity contribution is 9.09. The minimum absolute atomic E-state index is 0.144. The molecule has 1 heterocycles. The van der Waals surface area contributed by atoms with Crippen molar-refractivity contribution in [1.82, 2.24) is 0 Å². The summed E-state index contributed by atoms with van der Waals surface area (Å²) >= 11 is 3.32. The second-order valence-corrected chi connectivity index (χ2v) is 4.27. The standard InChI is InChI=1S/C13H11BrO2/c14-7-2-1-3-10-4-5-13-11(9-10)12(15)6-8-16-13/h4-5,9H,2,6-8H2. The number of rotatable bonds is 1. The van der Waals surface area contributed by atoms with Gasteiger partial charge in [-0.05, 0) is 18.2 Å². The van der Waals surface area contributed by atoms with Crippen LogP contribution < -0.4 is 4.74 Å². The lowest BCUT2D eigenvalue weighted by atomic mass is 10.0. The monoisotopic (exact) mass is 278 g/mol. The first-order valence-electron chi connectivity index (χ1n) is 5.16. The van der Waals surface area contributed by atoms with E-state index in [1.165, 1.54) is 0 Å². The third-order valence-electron chi connectivity index (χ3n) is 2.32. The Balaban J connectivity index is 2.28. The summed E-state index contributed by atoms with van der Waals surface area (Å²) in [6, 6.07) is 5.53. The molecule has 0 atom stereocenters. The molecule has 0 saturated carbocycles. The molecule has 82 valence electrons. The molecule has 0 saturated heterocycles. The summed E-state index contributed by atoms with van der Waals surface area (Å²) < 4.78 is 5.40. The van der Waals surface area contributed by atoms with Crippen LogP contribution in [0.15, 0.2) is 18.2 Å². The molecular formula is C13H11BrO2. The Morgan fingerprint density at radius 1 is 1.44 bits per heavy atom. The highest BCUT2D eigenvalue weighted by Gasteiger charge is 2.17. The Hall–Kier alpha value is -1.27. The van der Waals surface area contributed by atoms with Crippen LogP contribution in [-0.2, 0) is 0 Å².